The van der Waals surface area contributed by atoms with Crippen molar-refractivity contribution in [3.63, 3.8) is 0 Å². The highest BCUT2D eigenvalue weighted by Gasteiger charge is 2.27. The van der Waals surface area contributed by atoms with Gasteiger partial charge < -0.3 is 10.1 Å². The van der Waals surface area contributed by atoms with Gasteiger partial charge in [0.25, 0.3) is 0 Å². The van der Waals surface area contributed by atoms with Gasteiger partial charge in [-0.3, -0.25) is 0 Å². The second kappa shape index (κ2) is 5.64. The van der Waals surface area contributed by atoms with Crippen LogP contribution in [0.25, 0.3) is 5.52 Å². The lowest BCUT2D eigenvalue weighted by Crippen LogP contribution is -2.33. The fraction of sp³-hybridized carbons (Fsp3) is 0.625. The van der Waals surface area contributed by atoms with Crippen molar-refractivity contribution in [1.82, 2.24) is 14.6 Å². The summed E-state index contributed by atoms with van der Waals surface area (Å²) >= 11 is 0. The lowest BCUT2D eigenvalue weighted by atomic mass is 9.82. The summed E-state index contributed by atoms with van der Waals surface area (Å²) in [5, 5.41) is 8.12. The Hall–Kier alpha value is -1.62. The lowest BCUT2D eigenvalue weighted by Gasteiger charge is -2.33. The minimum absolute atomic E-state index is 0.285. The Balaban J connectivity index is 1.80. The highest BCUT2D eigenvalue weighted by atomic mass is 16.5. The first kappa shape index (κ1) is 14.3. The molecule has 0 aromatic carbocycles. The van der Waals surface area contributed by atoms with E-state index < -0.39 is 0 Å². The molecule has 3 heterocycles. The zero-order chi connectivity index (χ0) is 14.9. The highest BCUT2D eigenvalue weighted by molar-refractivity contribution is 5.68. The van der Waals surface area contributed by atoms with Crippen LogP contribution >= 0.6 is 0 Å². The van der Waals surface area contributed by atoms with Crippen molar-refractivity contribution in [2.24, 2.45) is 5.41 Å². The van der Waals surface area contributed by atoms with E-state index in [1.54, 1.807) is 6.20 Å². The van der Waals surface area contributed by atoms with Crippen molar-refractivity contribution < 1.29 is 4.74 Å². The van der Waals surface area contributed by atoms with Crippen molar-refractivity contribution in [2.75, 3.05) is 25.1 Å². The van der Waals surface area contributed by atoms with Crippen LogP contribution in [0, 0.1) is 5.41 Å². The number of fused-ring (bicyclic) bond motifs is 1. The number of ether oxygens (including phenoxy) is 1. The molecular weight excluding hydrogens is 264 g/mol. The maximum Gasteiger partial charge on any atom is 0.152 e. The molecule has 114 valence electrons. The molecule has 0 saturated carbocycles. The van der Waals surface area contributed by atoms with E-state index in [2.05, 4.69) is 42.2 Å². The molecule has 2 aromatic heterocycles. The minimum Gasteiger partial charge on any atom is -0.381 e. The molecule has 0 atom stereocenters. The van der Waals surface area contributed by atoms with Gasteiger partial charge in [-0.15, -0.1) is 0 Å². The number of rotatable bonds is 4. The van der Waals surface area contributed by atoms with Crippen LogP contribution in [0.2, 0.25) is 0 Å². The van der Waals surface area contributed by atoms with E-state index in [9.17, 15) is 0 Å². The Morgan fingerprint density at radius 2 is 2.14 bits per heavy atom. The van der Waals surface area contributed by atoms with Crippen LogP contribution in [-0.2, 0) is 4.74 Å². The molecule has 1 aliphatic rings. The van der Waals surface area contributed by atoms with Gasteiger partial charge in [0.05, 0.1) is 5.69 Å². The summed E-state index contributed by atoms with van der Waals surface area (Å²) in [5.41, 5.74) is 2.44. The van der Waals surface area contributed by atoms with Gasteiger partial charge in [0, 0.05) is 32.2 Å². The molecule has 0 bridgehead atoms. The minimum atomic E-state index is 0.285. The molecule has 2 aromatic rings. The number of anilines is 1. The molecule has 1 saturated heterocycles. The van der Waals surface area contributed by atoms with Crippen LogP contribution < -0.4 is 5.32 Å². The average Bonchev–Trinajstić information content (AvgIpc) is 2.91. The maximum atomic E-state index is 5.46. The molecule has 0 spiro atoms. The van der Waals surface area contributed by atoms with Crippen molar-refractivity contribution >= 4 is 11.3 Å². The van der Waals surface area contributed by atoms with Crippen LogP contribution in [0.4, 0.5) is 5.82 Å². The van der Waals surface area contributed by atoms with E-state index in [-0.39, 0.29) is 5.41 Å². The van der Waals surface area contributed by atoms with Crippen molar-refractivity contribution in [3.8, 4) is 0 Å². The zero-order valence-corrected chi connectivity index (χ0v) is 13.1. The van der Waals surface area contributed by atoms with E-state index in [1.807, 2.05) is 10.7 Å². The maximum absolute atomic E-state index is 5.46. The fourth-order valence-corrected chi connectivity index (χ4v) is 2.70. The molecular formula is C16H24N4O. The van der Waals surface area contributed by atoms with Gasteiger partial charge in [-0.25, -0.2) is 9.50 Å². The van der Waals surface area contributed by atoms with Gasteiger partial charge in [0.15, 0.2) is 5.82 Å². The monoisotopic (exact) mass is 288 g/mol. The normalized spacial score (nSPS) is 18.3. The molecule has 3 rings (SSSR count). The summed E-state index contributed by atoms with van der Waals surface area (Å²) in [4.78, 5) is 4.49. The summed E-state index contributed by atoms with van der Waals surface area (Å²) in [7, 11) is 0. The third-order valence-corrected chi connectivity index (χ3v) is 4.38. The number of hydrogen-bond acceptors (Lipinski definition) is 4. The van der Waals surface area contributed by atoms with E-state index in [0.717, 1.165) is 49.6 Å². The summed E-state index contributed by atoms with van der Waals surface area (Å²) in [6.45, 7) is 9.28. The quantitative estimate of drug-likeness (QED) is 0.939. The SMILES string of the molecule is CC(C)c1cc2c(NCC3(C)CCOCC3)nccn2n1. The molecule has 0 radical (unpaired) electrons. The molecule has 0 unspecified atom stereocenters. The van der Waals surface area contributed by atoms with Gasteiger partial charge >= 0.3 is 0 Å². The molecule has 5 nitrogen and oxygen atoms in total. The van der Waals surface area contributed by atoms with Crippen molar-refractivity contribution in [2.45, 2.75) is 39.5 Å². The lowest BCUT2D eigenvalue weighted by molar-refractivity contribution is 0.0300. The standard InChI is InChI=1S/C16H24N4O/c1-12(2)13-10-14-15(17-6-7-20(14)19-13)18-11-16(3)4-8-21-9-5-16/h6-7,10,12H,4-5,8-9,11H2,1-3H3,(H,17,18). The van der Waals surface area contributed by atoms with Gasteiger partial charge in [0.1, 0.15) is 5.52 Å². The number of nitrogens with one attached hydrogen (secondary N) is 1. The molecule has 21 heavy (non-hydrogen) atoms. The third-order valence-electron chi connectivity index (χ3n) is 4.38. The predicted molar refractivity (Wildman–Crippen MR) is 83.7 cm³/mol. The number of aromatic nitrogens is 3. The highest BCUT2D eigenvalue weighted by Crippen LogP contribution is 2.30. The Morgan fingerprint density at radius 1 is 1.38 bits per heavy atom. The molecule has 1 N–H and O–H groups in total. The Kier molecular flexibility index (Phi) is 3.85. The summed E-state index contributed by atoms with van der Waals surface area (Å²) in [6, 6.07) is 2.13. The van der Waals surface area contributed by atoms with E-state index in [1.165, 1.54) is 0 Å². The Morgan fingerprint density at radius 3 is 2.86 bits per heavy atom. The largest absolute Gasteiger partial charge is 0.381 e. The van der Waals surface area contributed by atoms with E-state index in [0.29, 0.717) is 5.92 Å². The molecule has 5 heteroatoms. The van der Waals surface area contributed by atoms with Crippen LogP contribution in [0.15, 0.2) is 18.5 Å². The van der Waals surface area contributed by atoms with Gasteiger partial charge in [-0.2, -0.15) is 5.10 Å². The first-order chi connectivity index (χ1) is 10.1. The zero-order valence-electron chi connectivity index (χ0n) is 13.1. The second-order valence-electron chi connectivity index (χ2n) is 6.61. The van der Waals surface area contributed by atoms with Crippen LogP contribution in [0.1, 0.15) is 45.2 Å². The van der Waals surface area contributed by atoms with Gasteiger partial charge in [0.2, 0.25) is 0 Å². The molecule has 1 fully saturated rings. The average molecular weight is 288 g/mol. The molecule has 0 amide bonds. The second-order valence-corrected chi connectivity index (χ2v) is 6.61. The van der Waals surface area contributed by atoms with Gasteiger partial charge in [-0.05, 0) is 30.2 Å². The third kappa shape index (κ3) is 3.02. The van der Waals surface area contributed by atoms with E-state index in [4.69, 9.17) is 4.74 Å². The summed E-state index contributed by atoms with van der Waals surface area (Å²) < 4.78 is 7.37. The molecule has 1 aliphatic heterocycles. The van der Waals surface area contributed by atoms with E-state index >= 15 is 0 Å². The first-order valence-corrected chi connectivity index (χ1v) is 7.73. The van der Waals surface area contributed by atoms with Crippen LogP contribution in [0.3, 0.4) is 0 Å². The van der Waals surface area contributed by atoms with Crippen LogP contribution in [0.5, 0.6) is 0 Å². The summed E-state index contributed by atoms with van der Waals surface area (Å²) in [5.74, 6) is 1.34. The smallest absolute Gasteiger partial charge is 0.152 e. The topological polar surface area (TPSA) is 51.5 Å². The Bertz CT molecular complexity index is 614. The predicted octanol–water partition coefficient (Wildman–Crippen LogP) is 3.08. The first-order valence-electron chi connectivity index (χ1n) is 7.73. The van der Waals surface area contributed by atoms with Crippen molar-refractivity contribution in [3.05, 3.63) is 24.2 Å². The molecule has 0 aliphatic carbocycles. The summed E-state index contributed by atoms with van der Waals surface area (Å²) in [6.07, 6.45) is 5.90. The Labute approximate surface area is 125 Å². The van der Waals surface area contributed by atoms with Crippen LogP contribution in [-0.4, -0.2) is 34.4 Å². The van der Waals surface area contributed by atoms with Gasteiger partial charge in [-0.1, -0.05) is 20.8 Å². The number of nitrogens with zero attached hydrogens (tertiary/aromatic N) is 3. The number of hydrogen-bond donors (Lipinski definition) is 1. The van der Waals surface area contributed by atoms with Crippen molar-refractivity contribution in [1.29, 1.82) is 0 Å². The fourth-order valence-electron chi connectivity index (χ4n) is 2.70.